The van der Waals surface area contributed by atoms with E-state index in [1.165, 1.54) is 0 Å². The van der Waals surface area contributed by atoms with E-state index in [9.17, 15) is 26.3 Å². The van der Waals surface area contributed by atoms with Crippen LogP contribution in [0.25, 0.3) is 0 Å². The molecule has 0 saturated heterocycles. The summed E-state index contributed by atoms with van der Waals surface area (Å²) >= 11 is 0. The summed E-state index contributed by atoms with van der Waals surface area (Å²) in [6.45, 7) is 0.956. The van der Waals surface area contributed by atoms with Gasteiger partial charge in [-0.1, -0.05) is 0 Å². The molecule has 1 aromatic carbocycles. The fraction of sp³-hybridized carbons (Fsp3) is 0.333. The van der Waals surface area contributed by atoms with Crippen molar-refractivity contribution < 1.29 is 26.3 Å². The van der Waals surface area contributed by atoms with E-state index in [2.05, 4.69) is 0 Å². The van der Waals surface area contributed by atoms with Crippen LogP contribution in [0.2, 0.25) is 0 Å². The van der Waals surface area contributed by atoms with Crippen molar-refractivity contribution in [1.82, 2.24) is 0 Å². The second-order valence-corrected chi connectivity index (χ2v) is 3.25. The van der Waals surface area contributed by atoms with Gasteiger partial charge >= 0.3 is 12.4 Å². The first-order valence-corrected chi connectivity index (χ1v) is 4.08. The van der Waals surface area contributed by atoms with Crippen LogP contribution in [0.5, 0.6) is 0 Å². The van der Waals surface area contributed by atoms with Crippen molar-refractivity contribution in [3.05, 3.63) is 28.8 Å². The minimum atomic E-state index is -4.75. The number of aryl methyl sites for hydroxylation is 1. The Morgan fingerprint density at radius 3 is 1.69 bits per heavy atom. The van der Waals surface area contributed by atoms with Crippen molar-refractivity contribution in [3.8, 4) is 0 Å². The lowest BCUT2D eigenvalue weighted by atomic mass is 10.0. The Bertz CT molecular complexity index is 364. The molecule has 0 aromatic heterocycles. The Balaban J connectivity index is 3.40. The van der Waals surface area contributed by atoms with Crippen molar-refractivity contribution in [1.29, 1.82) is 0 Å². The number of anilines is 1. The third-order valence-corrected chi connectivity index (χ3v) is 2.01. The molecule has 0 heterocycles. The molecule has 1 aromatic rings. The highest BCUT2D eigenvalue weighted by atomic mass is 19.4. The predicted octanol–water partition coefficient (Wildman–Crippen LogP) is 3.61. The van der Waals surface area contributed by atoms with Gasteiger partial charge in [0.05, 0.1) is 11.1 Å². The van der Waals surface area contributed by atoms with E-state index in [1.54, 1.807) is 0 Å². The summed E-state index contributed by atoms with van der Waals surface area (Å²) < 4.78 is 73.8. The number of nitrogens with two attached hydrogens (primary N) is 1. The molecule has 0 aliphatic carbocycles. The van der Waals surface area contributed by atoms with Gasteiger partial charge in [-0.15, -0.1) is 0 Å². The van der Waals surface area contributed by atoms with E-state index in [0.29, 0.717) is 12.1 Å². The second kappa shape index (κ2) is 3.57. The maximum absolute atomic E-state index is 12.3. The van der Waals surface area contributed by atoms with E-state index in [1.807, 2.05) is 0 Å². The van der Waals surface area contributed by atoms with Crippen LogP contribution in [0.15, 0.2) is 12.1 Å². The standard InChI is InChI=1S/C9H7F6N/c1-4-2-6(9(13,14)15)7(16)3-5(4)8(10,11)12/h2-3H,16H2,1H3. The Hall–Kier alpha value is -1.40. The first kappa shape index (κ1) is 12.7. The summed E-state index contributed by atoms with van der Waals surface area (Å²) in [5, 5.41) is 0. The number of halogens is 6. The topological polar surface area (TPSA) is 26.0 Å². The summed E-state index contributed by atoms with van der Waals surface area (Å²) in [5.41, 5.74) is 1.12. The Kier molecular flexibility index (Phi) is 2.82. The summed E-state index contributed by atoms with van der Waals surface area (Å²) in [4.78, 5) is 0. The Morgan fingerprint density at radius 2 is 1.31 bits per heavy atom. The number of hydrogen-bond acceptors (Lipinski definition) is 1. The first-order chi connectivity index (χ1) is 7.03. The molecule has 1 rings (SSSR count). The van der Waals surface area contributed by atoms with Crippen LogP contribution < -0.4 is 5.73 Å². The Morgan fingerprint density at radius 1 is 0.875 bits per heavy atom. The maximum atomic E-state index is 12.3. The third-order valence-electron chi connectivity index (χ3n) is 2.01. The highest BCUT2D eigenvalue weighted by Gasteiger charge is 2.37. The number of nitrogen functional groups attached to an aromatic ring is 1. The molecule has 16 heavy (non-hydrogen) atoms. The molecule has 0 saturated carbocycles. The first-order valence-electron chi connectivity index (χ1n) is 4.08. The number of benzene rings is 1. The van der Waals surface area contributed by atoms with E-state index < -0.39 is 34.7 Å². The lowest BCUT2D eigenvalue weighted by Gasteiger charge is -2.15. The molecule has 7 heteroatoms. The molecule has 90 valence electrons. The summed E-state index contributed by atoms with van der Waals surface area (Å²) in [6, 6.07) is 0.705. The van der Waals surface area contributed by atoms with Gasteiger partial charge in [-0.2, -0.15) is 26.3 Å². The van der Waals surface area contributed by atoms with Gasteiger partial charge in [-0.05, 0) is 24.6 Å². The van der Waals surface area contributed by atoms with E-state index in [4.69, 9.17) is 5.73 Å². The summed E-state index contributed by atoms with van der Waals surface area (Å²) in [6.07, 6.45) is -9.46. The number of hydrogen-bond donors (Lipinski definition) is 1. The van der Waals surface area contributed by atoms with Crippen LogP contribution in [-0.2, 0) is 12.4 Å². The van der Waals surface area contributed by atoms with Gasteiger partial charge < -0.3 is 5.73 Å². The van der Waals surface area contributed by atoms with Crippen LogP contribution in [0.3, 0.4) is 0 Å². The van der Waals surface area contributed by atoms with Gasteiger partial charge in [0.15, 0.2) is 0 Å². The van der Waals surface area contributed by atoms with E-state index >= 15 is 0 Å². The van der Waals surface area contributed by atoms with Crippen molar-refractivity contribution in [3.63, 3.8) is 0 Å². The van der Waals surface area contributed by atoms with Crippen LogP contribution >= 0.6 is 0 Å². The summed E-state index contributed by atoms with van der Waals surface area (Å²) in [5.74, 6) is 0. The van der Waals surface area contributed by atoms with Gasteiger partial charge in [0, 0.05) is 5.69 Å². The van der Waals surface area contributed by atoms with Gasteiger partial charge in [0.2, 0.25) is 0 Å². The molecule has 0 atom stereocenters. The second-order valence-electron chi connectivity index (χ2n) is 3.25. The molecular formula is C9H7F6N. The minimum Gasteiger partial charge on any atom is -0.398 e. The maximum Gasteiger partial charge on any atom is 0.418 e. The van der Waals surface area contributed by atoms with Crippen molar-refractivity contribution in [2.75, 3.05) is 5.73 Å². The monoisotopic (exact) mass is 243 g/mol. The molecule has 0 aliphatic rings. The number of alkyl halides is 6. The molecule has 0 radical (unpaired) electrons. The largest absolute Gasteiger partial charge is 0.418 e. The van der Waals surface area contributed by atoms with Crippen LogP contribution in [0, 0.1) is 6.92 Å². The fourth-order valence-electron chi connectivity index (χ4n) is 1.28. The molecule has 2 N–H and O–H groups in total. The highest BCUT2D eigenvalue weighted by molar-refractivity contribution is 5.54. The third kappa shape index (κ3) is 2.40. The lowest BCUT2D eigenvalue weighted by Crippen LogP contribution is -2.14. The fourth-order valence-corrected chi connectivity index (χ4v) is 1.28. The summed E-state index contributed by atoms with van der Waals surface area (Å²) in [7, 11) is 0. The van der Waals surface area contributed by atoms with Crippen molar-refractivity contribution in [2.24, 2.45) is 0 Å². The van der Waals surface area contributed by atoms with Crippen molar-refractivity contribution in [2.45, 2.75) is 19.3 Å². The predicted molar refractivity (Wildman–Crippen MR) is 45.6 cm³/mol. The molecule has 0 spiro atoms. The smallest absolute Gasteiger partial charge is 0.398 e. The molecule has 0 fully saturated rings. The zero-order valence-electron chi connectivity index (χ0n) is 8.00. The zero-order valence-corrected chi connectivity index (χ0v) is 8.00. The number of rotatable bonds is 0. The zero-order chi connectivity index (χ0) is 12.7. The SMILES string of the molecule is Cc1cc(C(F)(F)F)c(N)cc1C(F)(F)F. The highest BCUT2D eigenvalue weighted by Crippen LogP contribution is 2.39. The molecular weight excluding hydrogens is 236 g/mol. The molecule has 1 nitrogen and oxygen atoms in total. The molecule has 0 bridgehead atoms. The normalized spacial score (nSPS) is 12.9. The van der Waals surface area contributed by atoms with Crippen molar-refractivity contribution >= 4 is 5.69 Å². The van der Waals surface area contributed by atoms with Gasteiger partial charge in [-0.3, -0.25) is 0 Å². The van der Waals surface area contributed by atoms with Gasteiger partial charge in [0.1, 0.15) is 0 Å². The molecule has 0 amide bonds. The van der Waals surface area contributed by atoms with E-state index in [0.717, 1.165) is 6.92 Å². The average molecular weight is 243 g/mol. The van der Waals surface area contributed by atoms with E-state index in [-0.39, 0.29) is 0 Å². The Labute approximate surface area is 86.9 Å². The van der Waals surface area contributed by atoms with Crippen LogP contribution in [0.4, 0.5) is 32.0 Å². The van der Waals surface area contributed by atoms with Gasteiger partial charge in [-0.25, -0.2) is 0 Å². The average Bonchev–Trinajstić information content (AvgIpc) is 2.04. The van der Waals surface area contributed by atoms with Crippen LogP contribution in [0.1, 0.15) is 16.7 Å². The lowest BCUT2D eigenvalue weighted by molar-refractivity contribution is -0.141. The minimum absolute atomic E-state index is 0.304. The van der Waals surface area contributed by atoms with Crippen LogP contribution in [-0.4, -0.2) is 0 Å². The van der Waals surface area contributed by atoms with Gasteiger partial charge in [0.25, 0.3) is 0 Å². The molecule has 0 unspecified atom stereocenters. The molecule has 0 aliphatic heterocycles. The quantitative estimate of drug-likeness (QED) is 0.546.